The molecule has 0 amide bonds. The lowest BCUT2D eigenvalue weighted by Gasteiger charge is -2.25. The largest absolute Gasteiger partial charge is 0.321 e. The predicted octanol–water partition coefficient (Wildman–Crippen LogP) is 3.83. The van der Waals surface area contributed by atoms with Crippen LogP contribution in [0, 0.1) is 0 Å². The minimum absolute atomic E-state index is 0.135. The van der Waals surface area contributed by atoms with Gasteiger partial charge in [-0.15, -0.1) is 0 Å². The van der Waals surface area contributed by atoms with E-state index < -0.39 is 0 Å². The molecular formula is C11H13BrClN. The molecule has 1 aromatic carbocycles. The Bertz CT molecular complexity index is 345. The zero-order chi connectivity index (χ0) is 10.2. The highest BCUT2D eigenvalue weighted by Gasteiger charge is 2.32. The molecule has 1 aliphatic rings. The van der Waals surface area contributed by atoms with Crippen LogP contribution in [0.25, 0.3) is 0 Å². The Kier molecular flexibility index (Phi) is 2.87. The third-order valence-electron chi connectivity index (χ3n) is 2.96. The SMILES string of the molecule is NC1(c2ccc(Cl)cc2Br)CCCC1. The number of benzene rings is 1. The first kappa shape index (κ1) is 10.5. The summed E-state index contributed by atoms with van der Waals surface area (Å²) in [6.45, 7) is 0. The van der Waals surface area contributed by atoms with Crippen LogP contribution in [-0.2, 0) is 5.54 Å². The Hall–Kier alpha value is -0.0500. The van der Waals surface area contributed by atoms with Crippen LogP contribution in [-0.4, -0.2) is 0 Å². The first-order valence-electron chi connectivity index (χ1n) is 4.86. The minimum atomic E-state index is -0.135. The molecule has 76 valence electrons. The second-order valence-corrected chi connectivity index (χ2v) is 5.28. The number of rotatable bonds is 1. The Morgan fingerprint density at radius 1 is 1.29 bits per heavy atom. The molecule has 1 nitrogen and oxygen atoms in total. The van der Waals surface area contributed by atoms with Gasteiger partial charge >= 0.3 is 0 Å². The smallest absolute Gasteiger partial charge is 0.0420 e. The molecule has 14 heavy (non-hydrogen) atoms. The number of nitrogens with two attached hydrogens (primary N) is 1. The Labute approximate surface area is 97.8 Å². The van der Waals surface area contributed by atoms with E-state index in [0.717, 1.165) is 22.3 Å². The molecule has 0 bridgehead atoms. The van der Waals surface area contributed by atoms with Gasteiger partial charge in [-0.25, -0.2) is 0 Å². The average molecular weight is 275 g/mol. The van der Waals surface area contributed by atoms with Gasteiger partial charge in [-0.1, -0.05) is 46.4 Å². The molecule has 1 aliphatic carbocycles. The van der Waals surface area contributed by atoms with Gasteiger partial charge in [0.15, 0.2) is 0 Å². The lowest BCUT2D eigenvalue weighted by atomic mass is 9.89. The molecule has 0 saturated heterocycles. The molecule has 1 fully saturated rings. The van der Waals surface area contributed by atoms with Crippen molar-refractivity contribution in [3.63, 3.8) is 0 Å². The van der Waals surface area contributed by atoms with Crippen molar-refractivity contribution in [3.05, 3.63) is 33.3 Å². The Morgan fingerprint density at radius 2 is 1.93 bits per heavy atom. The van der Waals surface area contributed by atoms with Crippen LogP contribution in [0.2, 0.25) is 5.02 Å². The lowest BCUT2D eigenvalue weighted by molar-refractivity contribution is 0.459. The summed E-state index contributed by atoms with van der Waals surface area (Å²) in [5.74, 6) is 0. The van der Waals surface area contributed by atoms with Crippen LogP contribution in [0.1, 0.15) is 31.2 Å². The topological polar surface area (TPSA) is 26.0 Å². The predicted molar refractivity (Wildman–Crippen MR) is 63.5 cm³/mol. The zero-order valence-electron chi connectivity index (χ0n) is 7.89. The van der Waals surface area contributed by atoms with E-state index in [4.69, 9.17) is 17.3 Å². The van der Waals surface area contributed by atoms with E-state index in [0.29, 0.717) is 0 Å². The fraction of sp³-hybridized carbons (Fsp3) is 0.455. The fourth-order valence-electron chi connectivity index (χ4n) is 2.17. The van der Waals surface area contributed by atoms with Gasteiger partial charge in [0.1, 0.15) is 0 Å². The van der Waals surface area contributed by atoms with E-state index in [1.807, 2.05) is 18.2 Å². The normalized spacial score (nSPS) is 19.9. The van der Waals surface area contributed by atoms with Crippen LogP contribution in [0.3, 0.4) is 0 Å². The van der Waals surface area contributed by atoms with Crippen molar-refractivity contribution in [3.8, 4) is 0 Å². The van der Waals surface area contributed by atoms with E-state index in [9.17, 15) is 0 Å². The van der Waals surface area contributed by atoms with Crippen molar-refractivity contribution in [1.82, 2.24) is 0 Å². The van der Waals surface area contributed by atoms with Crippen molar-refractivity contribution in [2.24, 2.45) is 5.73 Å². The second-order valence-electron chi connectivity index (χ2n) is 3.99. The summed E-state index contributed by atoms with van der Waals surface area (Å²) in [4.78, 5) is 0. The summed E-state index contributed by atoms with van der Waals surface area (Å²) in [5, 5.41) is 0.752. The molecule has 2 rings (SSSR count). The second kappa shape index (κ2) is 3.84. The minimum Gasteiger partial charge on any atom is -0.321 e. The zero-order valence-corrected chi connectivity index (χ0v) is 10.2. The Balaban J connectivity index is 2.40. The highest BCUT2D eigenvalue weighted by atomic mass is 79.9. The van der Waals surface area contributed by atoms with Crippen molar-refractivity contribution in [2.45, 2.75) is 31.2 Å². The summed E-state index contributed by atoms with van der Waals surface area (Å²) in [7, 11) is 0. The summed E-state index contributed by atoms with van der Waals surface area (Å²) >= 11 is 9.43. The standard InChI is InChI=1S/C11H13BrClN/c12-10-7-8(13)3-4-9(10)11(14)5-1-2-6-11/h3-4,7H,1-2,5-6,14H2. The molecule has 0 heterocycles. The molecule has 0 aromatic heterocycles. The molecule has 0 unspecified atom stereocenters. The molecule has 0 atom stereocenters. The summed E-state index contributed by atoms with van der Waals surface area (Å²) in [6, 6.07) is 5.87. The van der Waals surface area contributed by atoms with E-state index in [1.54, 1.807) is 0 Å². The number of hydrogen-bond acceptors (Lipinski definition) is 1. The maximum absolute atomic E-state index is 6.36. The third-order valence-corrected chi connectivity index (χ3v) is 3.85. The first-order chi connectivity index (χ1) is 6.62. The molecule has 1 saturated carbocycles. The van der Waals surface area contributed by atoms with Gasteiger partial charge < -0.3 is 5.73 Å². The molecule has 2 N–H and O–H groups in total. The van der Waals surface area contributed by atoms with Crippen LogP contribution < -0.4 is 5.73 Å². The van der Waals surface area contributed by atoms with Crippen LogP contribution in [0.5, 0.6) is 0 Å². The number of hydrogen-bond donors (Lipinski definition) is 1. The Morgan fingerprint density at radius 3 is 2.50 bits per heavy atom. The molecule has 1 aromatic rings. The monoisotopic (exact) mass is 273 g/mol. The molecular weight excluding hydrogens is 261 g/mol. The quantitative estimate of drug-likeness (QED) is 0.827. The van der Waals surface area contributed by atoms with Crippen molar-refractivity contribution in [2.75, 3.05) is 0 Å². The van der Waals surface area contributed by atoms with Crippen LogP contribution in [0.15, 0.2) is 22.7 Å². The van der Waals surface area contributed by atoms with Crippen LogP contribution in [0.4, 0.5) is 0 Å². The van der Waals surface area contributed by atoms with Gasteiger partial charge in [0.2, 0.25) is 0 Å². The molecule has 0 spiro atoms. The van der Waals surface area contributed by atoms with Gasteiger partial charge in [0.25, 0.3) is 0 Å². The fourth-order valence-corrected chi connectivity index (χ4v) is 3.25. The van der Waals surface area contributed by atoms with Crippen LogP contribution >= 0.6 is 27.5 Å². The van der Waals surface area contributed by atoms with E-state index in [1.165, 1.54) is 18.4 Å². The van der Waals surface area contributed by atoms with Gasteiger partial charge in [0.05, 0.1) is 0 Å². The van der Waals surface area contributed by atoms with E-state index >= 15 is 0 Å². The molecule has 0 radical (unpaired) electrons. The van der Waals surface area contributed by atoms with Crippen molar-refractivity contribution < 1.29 is 0 Å². The van der Waals surface area contributed by atoms with E-state index in [-0.39, 0.29) is 5.54 Å². The number of halogens is 2. The van der Waals surface area contributed by atoms with Gasteiger partial charge in [0, 0.05) is 15.0 Å². The third kappa shape index (κ3) is 1.83. The maximum atomic E-state index is 6.36. The van der Waals surface area contributed by atoms with E-state index in [2.05, 4.69) is 15.9 Å². The highest BCUT2D eigenvalue weighted by molar-refractivity contribution is 9.10. The van der Waals surface area contributed by atoms with Crippen molar-refractivity contribution in [1.29, 1.82) is 0 Å². The maximum Gasteiger partial charge on any atom is 0.0420 e. The van der Waals surface area contributed by atoms with Gasteiger partial charge in [-0.3, -0.25) is 0 Å². The van der Waals surface area contributed by atoms with Gasteiger partial charge in [-0.05, 0) is 30.5 Å². The summed E-state index contributed by atoms with van der Waals surface area (Å²) < 4.78 is 1.04. The average Bonchev–Trinajstić information content (AvgIpc) is 2.52. The first-order valence-corrected chi connectivity index (χ1v) is 6.03. The van der Waals surface area contributed by atoms with Crippen molar-refractivity contribution >= 4 is 27.5 Å². The summed E-state index contributed by atoms with van der Waals surface area (Å²) in [5.41, 5.74) is 7.42. The molecule has 3 heteroatoms. The van der Waals surface area contributed by atoms with Gasteiger partial charge in [-0.2, -0.15) is 0 Å². The highest BCUT2D eigenvalue weighted by Crippen LogP contribution is 2.40. The lowest BCUT2D eigenvalue weighted by Crippen LogP contribution is -2.33. The molecule has 0 aliphatic heterocycles. The summed E-state index contributed by atoms with van der Waals surface area (Å²) in [6.07, 6.45) is 4.61.